The number of nitrogens with zero attached hydrogens (tertiary/aromatic N) is 2. The summed E-state index contributed by atoms with van der Waals surface area (Å²) in [6.07, 6.45) is 0. The molecule has 0 aliphatic carbocycles. The maximum absolute atomic E-state index is 8.24. The molecule has 0 atom stereocenters. The normalized spacial score (nSPS) is 12.2. The molecule has 3 N–H and O–H groups in total. The second-order valence-corrected chi connectivity index (χ2v) is 2.73. The zero-order valence-corrected chi connectivity index (χ0v) is 6.70. The summed E-state index contributed by atoms with van der Waals surface area (Å²) < 4.78 is 0. The molecular weight excluding hydrogens is 130 g/mol. The number of nitrogens with two attached hydrogens (primary N) is 1. The molecule has 0 unspecified atom stereocenters. The van der Waals surface area contributed by atoms with Gasteiger partial charge < -0.3 is 15.8 Å². The Balaban J connectivity index is 3.73. The maximum Gasteiger partial charge on any atom is 0.233 e. The van der Waals surface area contributed by atoms with Crippen LogP contribution in [0.5, 0.6) is 0 Å². The number of hydrogen-bond donors (Lipinski definition) is 2. The van der Waals surface area contributed by atoms with Gasteiger partial charge in [-0.3, -0.25) is 0 Å². The average molecular weight is 145 g/mol. The fraction of sp³-hybridized carbons (Fsp3) is 0.833. The van der Waals surface area contributed by atoms with Crippen LogP contribution in [-0.4, -0.2) is 29.7 Å². The third-order valence-corrected chi connectivity index (χ3v) is 1.13. The van der Waals surface area contributed by atoms with E-state index in [0.717, 1.165) is 6.54 Å². The van der Waals surface area contributed by atoms with E-state index in [9.17, 15) is 0 Å². The van der Waals surface area contributed by atoms with Crippen molar-refractivity contribution in [3.63, 3.8) is 0 Å². The molecule has 0 fully saturated rings. The minimum absolute atomic E-state index is 0.161. The Labute approximate surface area is 61.3 Å². The summed E-state index contributed by atoms with van der Waals surface area (Å²) in [6, 6.07) is 0. The van der Waals surface area contributed by atoms with Crippen LogP contribution in [0.4, 0.5) is 0 Å². The Kier molecular flexibility index (Phi) is 3.61. The highest BCUT2D eigenvalue weighted by molar-refractivity contribution is 5.76. The lowest BCUT2D eigenvalue weighted by Gasteiger charge is -2.18. The topological polar surface area (TPSA) is 61.8 Å². The van der Waals surface area contributed by atoms with E-state index in [2.05, 4.69) is 19.0 Å². The molecule has 0 aromatic rings. The first-order valence-electron chi connectivity index (χ1n) is 3.26. The molecule has 0 rings (SSSR count). The zero-order valence-electron chi connectivity index (χ0n) is 6.70. The van der Waals surface area contributed by atoms with E-state index in [4.69, 9.17) is 10.9 Å². The predicted molar refractivity (Wildman–Crippen MR) is 40.9 cm³/mol. The molecular formula is C6H15N3O. The summed E-state index contributed by atoms with van der Waals surface area (Å²) in [7, 11) is 1.79. The molecule has 0 heterocycles. The molecule has 0 aromatic heterocycles. The van der Waals surface area contributed by atoms with E-state index in [0.29, 0.717) is 5.92 Å². The quantitative estimate of drug-likeness (QED) is 0.254. The number of guanidine groups is 1. The molecule has 4 heteroatoms. The molecule has 60 valence electrons. The maximum atomic E-state index is 8.24. The summed E-state index contributed by atoms with van der Waals surface area (Å²) in [5, 5.41) is 11.1. The zero-order chi connectivity index (χ0) is 8.15. The lowest BCUT2D eigenvalue weighted by Crippen LogP contribution is -2.36. The van der Waals surface area contributed by atoms with Crippen LogP contribution in [-0.2, 0) is 0 Å². The minimum atomic E-state index is 0.161. The van der Waals surface area contributed by atoms with Gasteiger partial charge in [0.1, 0.15) is 0 Å². The Morgan fingerprint density at radius 2 is 2.20 bits per heavy atom. The van der Waals surface area contributed by atoms with Gasteiger partial charge in [0.2, 0.25) is 5.96 Å². The van der Waals surface area contributed by atoms with Crippen LogP contribution in [0.25, 0.3) is 0 Å². The molecule has 0 saturated heterocycles. The van der Waals surface area contributed by atoms with Gasteiger partial charge in [0.25, 0.3) is 0 Å². The van der Waals surface area contributed by atoms with Crippen LogP contribution >= 0.6 is 0 Å². The van der Waals surface area contributed by atoms with E-state index in [-0.39, 0.29) is 5.96 Å². The molecule has 4 nitrogen and oxygen atoms in total. The fourth-order valence-electron chi connectivity index (χ4n) is 0.718. The Hall–Kier alpha value is -0.930. The Morgan fingerprint density at radius 3 is 2.50 bits per heavy atom. The smallest absolute Gasteiger partial charge is 0.233 e. The van der Waals surface area contributed by atoms with Crippen LogP contribution in [0.15, 0.2) is 5.16 Å². The molecule has 0 aromatic carbocycles. The van der Waals surface area contributed by atoms with Crippen molar-refractivity contribution in [2.24, 2.45) is 16.8 Å². The summed E-state index contributed by atoms with van der Waals surface area (Å²) in [5.41, 5.74) is 5.29. The molecule has 0 radical (unpaired) electrons. The molecule has 0 saturated carbocycles. The van der Waals surface area contributed by atoms with Crippen LogP contribution in [0, 0.1) is 5.92 Å². The van der Waals surface area contributed by atoms with Crippen molar-refractivity contribution in [3.05, 3.63) is 0 Å². The van der Waals surface area contributed by atoms with Gasteiger partial charge in [-0.2, -0.15) is 0 Å². The summed E-state index contributed by atoms with van der Waals surface area (Å²) in [6.45, 7) is 4.94. The minimum Gasteiger partial charge on any atom is -0.408 e. The van der Waals surface area contributed by atoms with Gasteiger partial charge >= 0.3 is 0 Å². The third-order valence-electron chi connectivity index (χ3n) is 1.13. The van der Waals surface area contributed by atoms with E-state index >= 15 is 0 Å². The van der Waals surface area contributed by atoms with Gasteiger partial charge in [-0.1, -0.05) is 19.0 Å². The van der Waals surface area contributed by atoms with Crippen LogP contribution in [0.1, 0.15) is 13.8 Å². The van der Waals surface area contributed by atoms with Gasteiger partial charge in [-0.15, -0.1) is 0 Å². The van der Waals surface area contributed by atoms with E-state index < -0.39 is 0 Å². The van der Waals surface area contributed by atoms with Gasteiger partial charge in [-0.05, 0) is 5.92 Å². The Bertz CT molecular complexity index is 122. The molecule has 10 heavy (non-hydrogen) atoms. The lowest BCUT2D eigenvalue weighted by atomic mass is 10.2. The molecule has 0 amide bonds. The lowest BCUT2D eigenvalue weighted by molar-refractivity contribution is 0.300. The summed E-state index contributed by atoms with van der Waals surface area (Å²) in [5.74, 6) is 0.680. The third kappa shape index (κ3) is 3.17. The van der Waals surface area contributed by atoms with Gasteiger partial charge in [-0.25, -0.2) is 0 Å². The van der Waals surface area contributed by atoms with E-state index in [1.807, 2.05) is 0 Å². The molecule has 0 bridgehead atoms. The van der Waals surface area contributed by atoms with Crippen molar-refractivity contribution >= 4 is 5.96 Å². The van der Waals surface area contributed by atoms with Crippen molar-refractivity contribution in [3.8, 4) is 0 Å². The first-order valence-corrected chi connectivity index (χ1v) is 3.26. The van der Waals surface area contributed by atoms with E-state index in [1.165, 1.54) is 0 Å². The monoisotopic (exact) mass is 145 g/mol. The average Bonchev–Trinajstić information content (AvgIpc) is 1.85. The predicted octanol–water partition coefficient (Wildman–Crippen LogP) is 0.278. The molecule has 0 aliphatic heterocycles. The van der Waals surface area contributed by atoms with E-state index in [1.54, 1.807) is 11.9 Å². The molecule has 0 aliphatic rings. The fourth-order valence-corrected chi connectivity index (χ4v) is 0.718. The SMILES string of the molecule is CC(C)CN(C)C(N)=NO. The second kappa shape index (κ2) is 3.98. The Morgan fingerprint density at radius 1 is 1.70 bits per heavy atom. The van der Waals surface area contributed by atoms with Crippen molar-refractivity contribution in [2.75, 3.05) is 13.6 Å². The van der Waals surface area contributed by atoms with Crippen molar-refractivity contribution in [2.45, 2.75) is 13.8 Å². The van der Waals surface area contributed by atoms with Crippen molar-refractivity contribution in [1.82, 2.24) is 4.90 Å². The first-order chi connectivity index (χ1) is 4.57. The standard InChI is InChI=1S/C6H15N3O/c1-5(2)4-9(3)6(7)8-10/h5,10H,4H2,1-3H3,(H2,7,8). The highest BCUT2D eigenvalue weighted by atomic mass is 16.4. The van der Waals surface area contributed by atoms with Crippen LogP contribution < -0.4 is 5.73 Å². The van der Waals surface area contributed by atoms with Gasteiger partial charge in [0.05, 0.1) is 0 Å². The highest BCUT2D eigenvalue weighted by Crippen LogP contribution is 1.94. The van der Waals surface area contributed by atoms with Gasteiger partial charge in [0.15, 0.2) is 0 Å². The largest absolute Gasteiger partial charge is 0.408 e. The number of hydrogen-bond acceptors (Lipinski definition) is 2. The number of oxime groups is 1. The van der Waals surface area contributed by atoms with Crippen molar-refractivity contribution < 1.29 is 5.21 Å². The van der Waals surface area contributed by atoms with Crippen molar-refractivity contribution in [1.29, 1.82) is 0 Å². The number of rotatable bonds is 2. The highest BCUT2D eigenvalue weighted by Gasteiger charge is 2.02. The van der Waals surface area contributed by atoms with Crippen LogP contribution in [0.2, 0.25) is 0 Å². The summed E-state index contributed by atoms with van der Waals surface area (Å²) in [4.78, 5) is 1.70. The van der Waals surface area contributed by atoms with Gasteiger partial charge in [0, 0.05) is 13.6 Å². The van der Waals surface area contributed by atoms with Crippen LogP contribution in [0.3, 0.4) is 0 Å². The molecule has 0 spiro atoms. The summed E-state index contributed by atoms with van der Waals surface area (Å²) >= 11 is 0. The first kappa shape index (κ1) is 9.07. The second-order valence-electron chi connectivity index (χ2n) is 2.73.